The number of nitrogen functional groups attached to an aromatic ring is 1. The fourth-order valence-electron chi connectivity index (χ4n) is 3.11. The molecule has 157 valence electrons. The summed E-state index contributed by atoms with van der Waals surface area (Å²) in [5, 5.41) is 3.09. The van der Waals surface area contributed by atoms with Crippen LogP contribution in [0.4, 0.5) is 4.39 Å². The van der Waals surface area contributed by atoms with E-state index in [1.807, 2.05) is 5.43 Å². The number of hydrazine groups is 1. The Morgan fingerprint density at radius 2 is 2.00 bits per heavy atom. The number of likely N-dealkylation sites (tertiary alicyclic amines) is 1. The summed E-state index contributed by atoms with van der Waals surface area (Å²) in [4.78, 5) is 13.7. The average Bonchev–Trinajstić information content (AvgIpc) is 2.63. The summed E-state index contributed by atoms with van der Waals surface area (Å²) >= 11 is 0. The van der Waals surface area contributed by atoms with Gasteiger partial charge in [-0.15, -0.1) is 0 Å². The standard InChI is InChI=1S/C18H28FN4O4S/c1-13(2)10-23-7-5-16(6-8-23)21-12-27-28(25,26)11-15-4-3-14(9-17(15)19)18(24)22-20/h3-4,9,16,21H,5-8,10-12,20H2,1-2H3,(H,22,24). The molecule has 2 rings (SSSR count). The van der Waals surface area contributed by atoms with Gasteiger partial charge in [0.25, 0.3) is 16.0 Å². The fourth-order valence-corrected chi connectivity index (χ4v) is 4.05. The summed E-state index contributed by atoms with van der Waals surface area (Å²) in [6.45, 7) is 6.93. The minimum Gasteiger partial charge on any atom is -0.303 e. The largest absolute Gasteiger partial charge is 0.303 e. The van der Waals surface area contributed by atoms with Crippen molar-refractivity contribution in [2.75, 3.05) is 26.4 Å². The zero-order valence-electron chi connectivity index (χ0n) is 16.2. The number of hydrogen-bond donors (Lipinski definition) is 3. The van der Waals surface area contributed by atoms with Crippen molar-refractivity contribution in [1.29, 1.82) is 0 Å². The maximum Gasteiger partial charge on any atom is 0.272 e. The third kappa shape index (κ3) is 7.10. The molecule has 0 aromatic heterocycles. The molecule has 0 bridgehead atoms. The van der Waals surface area contributed by atoms with Crippen LogP contribution in [0.25, 0.3) is 0 Å². The van der Waals surface area contributed by atoms with Gasteiger partial charge in [-0.05, 0) is 44.0 Å². The second kappa shape index (κ2) is 10.3. The van der Waals surface area contributed by atoms with Gasteiger partial charge in [-0.1, -0.05) is 19.9 Å². The van der Waals surface area contributed by atoms with Gasteiger partial charge in [-0.2, -0.15) is 8.42 Å². The molecular formula is C18H28FN4O4S. The summed E-state index contributed by atoms with van der Waals surface area (Å²) in [5.74, 6) is 4.27. The van der Waals surface area contributed by atoms with Gasteiger partial charge in [-0.25, -0.2) is 10.2 Å². The van der Waals surface area contributed by atoms with E-state index in [2.05, 4.69) is 24.1 Å². The number of carbonyl (C=O) groups excluding carboxylic acids is 1. The van der Waals surface area contributed by atoms with Gasteiger partial charge in [0.1, 0.15) is 18.3 Å². The van der Waals surface area contributed by atoms with E-state index in [9.17, 15) is 17.6 Å². The molecule has 0 atom stereocenters. The van der Waals surface area contributed by atoms with Crippen LogP contribution in [0.5, 0.6) is 0 Å². The highest BCUT2D eigenvalue weighted by molar-refractivity contribution is 7.85. The van der Waals surface area contributed by atoms with Crippen LogP contribution in [-0.2, 0) is 20.1 Å². The molecule has 1 aromatic carbocycles. The molecular weight excluding hydrogens is 387 g/mol. The summed E-state index contributed by atoms with van der Waals surface area (Å²) in [6.07, 6.45) is 1.83. The van der Waals surface area contributed by atoms with Gasteiger partial charge in [0.2, 0.25) is 0 Å². The first-order valence-electron chi connectivity index (χ1n) is 9.11. The molecule has 1 radical (unpaired) electrons. The normalized spacial score (nSPS) is 16.5. The van der Waals surface area contributed by atoms with Gasteiger partial charge >= 0.3 is 0 Å². The Kier molecular flexibility index (Phi) is 8.32. The van der Waals surface area contributed by atoms with Crippen LogP contribution >= 0.6 is 0 Å². The van der Waals surface area contributed by atoms with E-state index in [0.29, 0.717) is 0 Å². The zero-order chi connectivity index (χ0) is 20.7. The Labute approximate surface area is 165 Å². The molecule has 1 saturated heterocycles. The average molecular weight is 416 g/mol. The van der Waals surface area contributed by atoms with E-state index in [4.69, 9.17) is 10.0 Å². The second-order valence-electron chi connectivity index (χ2n) is 7.21. The number of nitrogens with two attached hydrogens (primary N) is 1. The highest BCUT2D eigenvalue weighted by atomic mass is 32.2. The van der Waals surface area contributed by atoms with Crippen molar-refractivity contribution in [1.82, 2.24) is 15.6 Å². The maximum atomic E-state index is 14.1. The number of halogens is 1. The topological polar surface area (TPSA) is 114 Å². The van der Waals surface area contributed by atoms with Gasteiger partial charge in [0, 0.05) is 23.7 Å². The number of nitrogens with one attached hydrogen (secondary N) is 2. The molecule has 10 heteroatoms. The molecule has 0 aliphatic carbocycles. The molecule has 1 aliphatic rings. The summed E-state index contributed by atoms with van der Waals surface area (Å²) in [7, 11) is -3.96. The first kappa shape index (κ1) is 22.7. The molecule has 0 unspecified atom stereocenters. The van der Waals surface area contributed by atoms with E-state index in [0.717, 1.165) is 38.5 Å². The van der Waals surface area contributed by atoms with Crippen molar-refractivity contribution in [3.8, 4) is 0 Å². The number of amides is 1. The van der Waals surface area contributed by atoms with Crippen LogP contribution < -0.4 is 16.6 Å². The highest BCUT2D eigenvalue weighted by Gasteiger charge is 2.21. The quantitative estimate of drug-likeness (QED) is 0.181. The molecule has 1 aromatic rings. The van der Waals surface area contributed by atoms with E-state index < -0.39 is 27.6 Å². The highest BCUT2D eigenvalue weighted by Crippen LogP contribution is 2.16. The minimum atomic E-state index is -3.96. The molecule has 4 N–H and O–H groups in total. The SMILES string of the molecule is C[C](C)CN1CCC(NCOS(=O)(=O)Cc2ccc(C(=O)NN)cc2F)CC1. The number of piperidine rings is 1. The first-order chi connectivity index (χ1) is 13.2. The third-order valence-corrected chi connectivity index (χ3v) is 5.66. The van der Waals surface area contributed by atoms with Crippen molar-refractivity contribution >= 4 is 16.0 Å². The molecule has 1 aliphatic heterocycles. The van der Waals surface area contributed by atoms with Crippen LogP contribution in [0.15, 0.2) is 18.2 Å². The van der Waals surface area contributed by atoms with Crippen molar-refractivity contribution in [3.05, 3.63) is 41.1 Å². The van der Waals surface area contributed by atoms with Crippen molar-refractivity contribution < 1.29 is 21.8 Å². The lowest BCUT2D eigenvalue weighted by Gasteiger charge is -2.33. The van der Waals surface area contributed by atoms with Crippen molar-refractivity contribution in [2.24, 2.45) is 5.84 Å². The number of carbonyl (C=O) groups is 1. The lowest BCUT2D eigenvalue weighted by Crippen LogP contribution is -2.44. The third-order valence-electron chi connectivity index (χ3n) is 4.52. The number of benzene rings is 1. The number of nitrogens with zero attached hydrogens (tertiary/aromatic N) is 1. The number of hydrogen-bond acceptors (Lipinski definition) is 7. The Hall–Kier alpha value is -1.59. The maximum absolute atomic E-state index is 14.1. The molecule has 1 heterocycles. The van der Waals surface area contributed by atoms with E-state index in [1.165, 1.54) is 18.1 Å². The number of rotatable bonds is 9. The predicted octanol–water partition coefficient (Wildman–Crippen LogP) is 0.901. The first-order valence-corrected chi connectivity index (χ1v) is 10.7. The summed E-state index contributed by atoms with van der Waals surface area (Å²) < 4.78 is 43.2. The molecule has 28 heavy (non-hydrogen) atoms. The fraction of sp³-hybridized carbons (Fsp3) is 0.556. The van der Waals surface area contributed by atoms with E-state index >= 15 is 0 Å². The van der Waals surface area contributed by atoms with Gasteiger partial charge in [0.15, 0.2) is 0 Å². The molecule has 0 spiro atoms. The van der Waals surface area contributed by atoms with Crippen LogP contribution in [0, 0.1) is 11.7 Å². The summed E-state index contributed by atoms with van der Waals surface area (Å²) in [6, 6.07) is 3.66. The zero-order valence-corrected chi connectivity index (χ0v) is 17.0. The van der Waals surface area contributed by atoms with E-state index in [1.54, 1.807) is 0 Å². The molecule has 8 nitrogen and oxygen atoms in total. The van der Waals surface area contributed by atoms with Crippen LogP contribution in [0.3, 0.4) is 0 Å². The molecule has 0 saturated carbocycles. The second-order valence-corrected chi connectivity index (χ2v) is 8.85. The van der Waals surface area contributed by atoms with Gasteiger partial charge in [-0.3, -0.25) is 19.7 Å². The van der Waals surface area contributed by atoms with Gasteiger partial charge in [0.05, 0.1) is 0 Å². The van der Waals surface area contributed by atoms with E-state index in [-0.39, 0.29) is 23.9 Å². The minimum absolute atomic E-state index is 0.00550. The smallest absolute Gasteiger partial charge is 0.272 e. The monoisotopic (exact) mass is 415 g/mol. The molecule has 1 amide bonds. The van der Waals surface area contributed by atoms with Crippen LogP contribution in [-0.4, -0.2) is 51.6 Å². The predicted molar refractivity (Wildman–Crippen MR) is 104 cm³/mol. The van der Waals surface area contributed by atoms with Crippen molar-refractivity contribution in [2.45, 2.75) is 38.5 Å². The van der Waals surface area contributed by atoms with Crippen molar-refractivity contribution in [3.63, 3.8) is 0 Å². The molecule has 1 fully saturated rings. The van der Waals surface area contributed by atoms with Crippen LogP contribution in [0.1, 0.15) is 42.6 Å². The Balaban J connectivity index is 1.79. The van der Waals surface area contributed by atoms with Crippen LogP contribution in [0.2, 0.25) is 0 Å². The summed E-state index contributed by atoms with van der Waals surface area (Å²) in [5.41, 5.74) is 1.82. The lowest BCUT2D eigenvalue weighted by molar-refractivity contribution is 0.0953. The Morgan fingerprint density at radius 3 is 2.57 bits per heavy atom. The Morgan fingerprint density at radius 1 is 1.32 bits per heavy atom. The Bertz CT molecular complexity index is 765. The lowest BCUT2D eigenvalue weighted by atomic mass is 10.0. The van der Waals surface area contributed by atoms with Gasteiger partial charge < -0.3 is 4.90 Å².